The molecule has 8 nitrogen and oxygen atoms in total. The largest absolute Gasteiger partial charge is 0.353 e. The summed E-state index contributed by atoms with van der Waals surface area (Å²) in [5.41, 5.74) is 0.497. The minimum absolute atomic E-state index is 0.00349. The minimum Gasteiger partial charge on any atom is -0.353 e. The van der Waals surface area contributed by atoms with Crippen LogP contribution >= 0.6 is 0 Å². The first-order valence-electron chi connectivity index (χ1n) is 7.19. The van der Waals surface area contributed by atoms with Gasteiger partial charge in [-0.25, -0.2) is 14.9 Å². The van der Waals surface area contributed by atoms with Crippen LogP contribution in [0.5, 0.6) is 0 Å². The van der Waals surface area contributed by atoms with Gasteiger partial charge in [-0.1, -0.05) is 6.07 Å². The van der Waals surface area contributed by atoms with Crippen molar-refractivity contribution in [2.75, 3.05) is 24.5 Å². The summed E-state index contributed by atoms with van der Waals surface area (Å²) in [6.45, 7) is 5.88. The number of nitrogens with one attached hydrogen (secondary N) is 2. The Hall–Kier alpha value is -2.64. The molecule has 22 heavy (non-hydrogen) atoms. The summed E-state index contributed by atoms with van der Waals surface area (Å²) in [6.07, 6.45) is 0. The maximum Gasteiger partial charge on any atom is 0.341 e. The van der Waals surface area contributed by atoms with Gasteiger partial charge in [0.05, 0.1) is 0 Å². The second-order valence-electron chi connectivity index (χ2n) is 5.46. The predicted octanol–water partition coefficient (Wildman–Crippen LogP) is 0.152. The van der Waals surface area contributed by atoms with Gasteiger partial charge in [-0.15, -0.1) is 5.10 Å². The van der Waals surface area contributed by atoms with Crippen LogP contribution in [0, 0.1) is 6.92 Å². The topological polar surface area (TPSA) is 98.0 Å². The molecule has 3 rings (SSSR count). The van der Waals surface area contributed by atoms with Crippen molar-refractivity contribution in [1.29, 1.82) is 0 Å². The number of H-pyrrole nitrogens is 2. The zero-order chi connectivity index (χ0) is 15.7. The highest BCUT2D eigenvalue weighted by Crippen LogP contribution is 2.18. The molecule has 0 saturated carbocycles. The van der Waals surface area contributed by atoms with Gasteiger partial charge in [-0.3, -0.25) is 9.78 Å². The maximum atomic E-state index is 12.4. The molecule has 2 aromatic rings. The molecule has 8 heteroatoms. The van der Waals surface area contributed by atoms with Crippen molar-refractivity contribution in [3.05, 3.63) is 40.2 Å². The number of aromatic nitrogens is 4. The number of carbonyl (C=O) groups excluding carboxylic acids is 1. The van der Waals surface area contributed by atoms with Crippen molar-refractivity contribution in [2.45, 2.75) is 19.9 Å². The molecule has 0 bridgehead atoms. The van der Waals surface area contributed by atoms with Crippen molar-refractivity contribution in [1.82, 2.24) is 25.1 Å². The van der Waals surface area contributed by atoms with Crippen LogP contribution in [0.25, 0.3) is 0 Å². The van der Waals surface area contributed by atoms with Crippen LogP contribution < -0.4 is 10.6 Å². The van der Waals surface area contributed by atoms with Crippen LogP contribution in [0.2, 0.25) is 0 Å². The second kappa shape index (κ2) is 5.63. The average Bonchev–Trinajstić information content (AvgIpc) is 2.93. The van der Waals surface area contributed by atoms with Gasteiger partial charge < -0.3 is 9.80 Å². The minimum atomic E-state index is -0.474. The molecule has 0 unspecified atom stereocenters. The van der Waals surface area contributed by atoms with Crippen molar-refractivity contribution < 1.29 is 4.79 Å². The number of amides is 1. The first kappa shape index (κ1) is 14.3. The number of hydrogen-bond acceptors (Lipinski definition) is 5. The zero-order valence-electron chi connectivity index (χ0n) is 12.5. The van der Waals surface area contributed by atoms with Crippen molar-refractivity contribution in [3.8, 4) is 0 Å². The lowest BCUT2D eigenvalue weighted by Gasteiger charge is -2.40. The number of carbonyl (C=O) groups is 1. The zero-order valence-corrected chi connectivity index (χ0v) is 12.5. The quantitative estimate of drug-likeness (QED) is 0.823. The van der Waals surface area contributed by atoms with Crippen molar-refractivity contribution >= 4 is 11.7 Å². The molecular weight excluding hydrogens is 284 g/mol. The third-order valence-corrected chi connectivity index (χ3v) is 3.79. The van der Waals surface area contributed by atoms with E-state index in [1.807, 2.05) is 32.0 Å². The van der Waals surface area contributed by atoms with Crippen LogP contribution in [0.3, 0.4) is 0 Å². The molecule has 0 aromatic carbocycles. The monoisotopic (exact) mass is 302 g/mol. The molecule has 0 aliphatic carbocycles. The van der Waals surface area contributed by atoms with E-state index < -0.39 is 5.69 Å². The fraction of sp³-hybridized carbons (Fsp3) is 0.429. The summed E-state index contributed by atoms with van der Waals surface area (Å²) >= 11 is 0. The molecule has 1 atom stereocenters. The number of aromatic amines is 2. The van der Waals surface area contributed by atoms with Crippen LogP contribution in [0.4, 0.5) is 5.82 Å². The number of anilines is 1. The van der Waals surface area contributed by atoms with Crippen LogP contribution in [0.15, 0.2) is 23.0 Å². The normalized spacial score (nSPS) is 18.5. The summed E-state index contributed by atoms with van der Waals surface area (Å²) in [7, 11) is 0. The van der Waals surface area contributed by atoms with Gasteiger partial charge in [-0.05, 0) is 26.0 Å². The van der Waals surface area contributed by atoms with E-state index in [0.717, 1.165) is 11.5 Å². The van der Waals surface area contributed by atoms with Gasteiger partial charge in [0.1, 0.15) is 5.82 Å². The summed E-state index contributed by atoms with van der Waals surface area (Å²) in [5.74, 6) is 0.716. The van der Waals surface area contributed by atoms with Crippen molar-refractivity contribution in [2.24, 2.45) is 0 Å². The lowest BCUT2D eigenvalue weighted by molar-refractivity contribution is 0.0661. The summed E-state index contributed by atoms with van der Waals surface area (Å²) < 4.78 is 0. The molecule has 2 aromatic heterocycles. The average molecular weight is 302 g/mol. The predicted molar refractivity (Wildman–Crippen MR) is 80.9 cm³/mol. The van der Waals surface area contributed by atoms with E-state index in [4.69, 9.17) is 0 Å². The molecular formula is C14H18N6O2. The molecule has 1 aliphatic heterocycles. The Morgan fingerprint density at radius 3 is 2.82 bits per heavy atom. The number of pyridine rings is 1. The molecule has 1 aliphatic rings. The third-order valence-electron chi connectivity index (χ3n) is 3.79. The molecule has 3 heterocycles. The molecule has 2 N–H and O–H groups in total. The molecule has 1 amide bonds. The standard InChI is InChI=1S/C14H18N6O2/c1-9-4-3-5-11(15-9)19-6-7-20(10(2)8-19)13(21)12-16-14(22)18-17-12/h3-5,10H,6-8H2,1-2H3,(H2,16,17,18,22)/t10-/m1/s1. The third kappa shape index (κ3) is 2.72. The number of piperazine rings is 1. The first-order valence-corrected chi connectivity index (χ1v) is 7.19. The summed E-state index contributed by atoms with van der Waals surface area (Å²) in [6, 6.07) is 5.92. The maximum absolute atomic E-state index is 12.4. The van der Waals surface area contributed by atoms with Gasteiger partial charge in [0.15, 0.2) is 0 Å². The number of aryl methyl sites for hydroxylation is 1. The SMILES string of the molecule is Cc1cccc(N2CCN(C(=O)c3n[nH]c(=O)[nH]3)[C@H](C)C2)n1. The molecule has 116 valence electrons. The molecule has 1 saturated heterocycles. The Labute approximate surface area is 127 Å². The molecule has 1 fully saturated rings. The lowest BCUT2D eigenvalue weighted by atomic mass is 10.2. The molecule has 0 radical (unpaired) electrons. The lowest BCUT2D eigenvalue weighted by Crippen LogP contribution is -2.54. The second-order valence-corrected chi connectivity index (χ2v) is 5.46. The smallest absolute Gasteiger partial charge is 0.341 e. The van der Waals surface area contributed by atoms with E-state index in [2.05, 4.69) is 25.1 Å². The van der Waals surface area contributed by atoms with E-state index in [1.54, 1.807) is 4.90 Å². The fourth-order valence-electron chi connectivity index (χ4n) is 2.68. The van der Waals surface area contributed by atoms with Gasteiger partial charge >= 0.3 is 5.69 Å². The van der Waals surface area contributed by atoms with Gasteiger partial charge in [0.25, 0.3) is 5.91 Å². The molecule has 0 spiro atoms. The highest BCUT2D eigenvalue weighted by Gasteiger charge is 2.30. The van der Waals surface area contributed by atoms with Gasteiger partial charge in [0.2, 0.25) is 5.82 Å². The highest BCUT2D eigenvalue weighted by molar-refractivity contribution is 5.90. The van der Waals surface area contributed by atoms with Crippen LogP contribution in [-0.2, 0) is 0 Å². The Balaban J connectivity index is 1.72. The van der Waals surface area contributed by atoms with E-state index in [0.29, 0.717) is 19.6 Å². The highest BCUT2D eigenvalue weighted by atomic mass is 16.2. The van der Waals surface area contributed by atoms with Crippen molar-refractivity contribution in [3.63, 3.8) is 0 Å². The van der Waals surface area contributed by atoms with E-state index >= 15 is 0 Å². The van der Waals surface area contributed by atoms with E-state index in [-0.39, 0.29) is 17.8 Å². The first-order chi connectivity index (χ1) is 10.5. The van der Waals surface area contributed by atoms with Gasteiger partial charge in [0, 0.05) is 31.4 Å². The summed E-state index contributed by atoms with van der Waals surface area (Å²) in [5, 5.41) is 5.92. The number of hydrogen-bond donors (Lipinski definition) is 2. The Morgan fingerprint density at radius 2 is 2.18 bits per heavy atom. The Morgan fingerprint density at radius 1 is 1.36 bits per heavy atom. The fourth-order valence-corrected chi connectivity index (χ4v) is 2.68. The van der Waals surface area contributed by atoms with Crippen LogP contribution in [0.1, 0.15) is 23.2 Å². The van der Waals surface area contributed by atoms with E-state index in [9.17, 15) is 9.59 Å². The van der Waals surface area contributed by atoms with Gasteiger partial charge in [-0.2, -0.15) is 0 Å². The summed E-state index contributed by atoms with van der Waals surface area (Å²) in [4.78, 5) is 34.2. The Bertz CT molecular complexity index is 737. The van der Waals surface area contributed by atoms with E-state index in [1.165, 1.54) is 0 Å². The van der Waals surface area contributed by atoms with Crippen LogP contribution in [-0.4, -0.2) is 56.6 Å². The Kier molecular flexibility index (Phi) is 3.66. The number of rotatable bonds is 2. The number of nitrogens with zero attached hydrogens (tertiary/aromatic N) is 4.